The van der Waals surface area contributed by atoms with Crippen molar-refractivity contribution in [1.82, 2.24) is 5.32 Å². The molecule has 86 valence electrons. The van der Waals surface area contributed by atoms with Crippen LogP contribution in [0.15, 0.2) is 10.8 Å². The Kier molecular flexibility index (Phi) is 2.71. The highest BCUT2D eigenvalue weighted by atomic mass is 32.1. The van der Waals surface area contributed by atoms with E-state index in [0.29, 0.717) is 19.4 Å². The molecule has 0 aromatic carbocycles. The van der Waals surface area contributed by atoms with Crippen molar-refractivity contribution in [1.29, 1.82) is 0 Å². The van der Waals surface area contributed by atoms with Crippen molar-refractivity contribution in [2.45, 2.75) is 26.3 Å². The van der Waals surface area contributed by atoms with Crippen LogP contribution in [0.5, 0.6) is 0 Å². The second-order valence-corrected chi connectivity index (χ2v) is 4.89. The van der Waals surface area contributed by atoms with E-state index in [1.165, 1.54) is 0 Å². The molecule has 1 aliphatic rings. The summed E-state index contributed by atoms with van der Waals surface area (Å²) >= 11 is 1.58. The topological polar surface area (TPSA) is 66.4 Å². The largest absolute Gasteiger partial charge is 0.480 e. The summed E-state index contributed by atoms with van der Waals surface area (Å²) in [6.45, 7) is 2.39. The summed E-state index contributed by atoms with van der Waals surface area (Å²) in [7, 11) is 0. The number of hydrogen-bond donors (Lipinski definition) is 2. The molecule has 5 heteroatoms. The first-order valence-corrected chi connectivity index (χ1v) is 6.04. The van der Waals surface area contributed by atoms with E-state index >= 15 is 0 Å². The molecule has 4 nitrogen and oxygen atoms in total. The van der Waals surface area contributed by atoms with E-state index in [9.17, 15) is 9.59 Å². The molecule has 0 saturated heterocycles. The van der Waals surface area contributed by atoms with Crippen LogP contribution in [0.4, 0.5) is 0 Å². The lowest BCUT2D eigenvalue weighted by Gasteiger charge is -2.10. The molecule has 1 saturated carbocycles. The van der Waals surface area contributed by atoms with Crippen molar-refractivity contribution in [3.05, 3.63) is 21.9 Å². The number of hydrogen-bond acceptors (Lipinski definition) is 3. The van der Waals surface area contributed by atoms with Gasteiger partial charge in [0.25, 0.3) is 0 Å². The molecule has 0 spiro atoms. The number of carboxylic acids is 1. The molecule has 0 aliphatic heterocycles. The minimum Gasteiger partial charge on any atom is -0.480 e. The standard InChI is InChI=1S/C11H13NO3S/c1-7-5-16-6-8(7)4-12-9(13)11(2-3-11)10(14)15/h5-6H,2-4H2,1H3,(H,12,13)(H,14,15). The van der Waals surface area contributed by atoms with Gasteiger partial charge in [-0.15, -0.1) is 0 Å². The van der Waals surface area contributed by atoms with Gasteiger partial charge in [0.2, 0.25) is 5.91 Å². The third-order valence-corrected chi connectivity index (χ3v) is 3.91. The zero-order valence-corrected chi connectivity index (χ0v) is 9.76. The molecule has 0 radical (unpaired) electrons. The molecule has 1 aromatic rings. The van der Waals surface area contributed by atoms with Gasteiger partial charge in [-0.25, -0.2) is 0 Å². The summed E-state index contributed by atoms with van der Waals surface area (Å²) < 4.78 is 0. The second kappa shape index (κ2) is 3.90. The number of carboxylic acid groups (broad SMARTS) is 1. The Morgan fingerprint density at radius 2 is 2.19 bits per heavy atom. The predicted octanol–water partition coefficient (Wildman–Crippen LogP) is 1.54. The molecule has 0 unspecified atom stereocenters. The van der Waals surface area contributed by atoms with E-state index in [0.717, 1.165) is 11.1 Å². The summed E-state index contributed by atoms with van der Waals surface area (Å²) in [5, 5.41) is 15.6. The molecule has 16 heavy (non-hydrogen) atoms. The first-order valence-electron chi connectivity index (χ1n) is 5.09. The maximum absolute atomic E-state index is 11.7. The molecular weight excluding hydrogens is 226 g/mol. The first kappa shape index (κ1) is 11.1. The summed E-state index contributed by atoms with van der Waals surface area (Å²) in [6, 6.07) is 0. The normalized spacial score (nSPS) is 16.8. The van der Waals surface area contributed by atoms with Crippen LogP contribution in [-0.4, -0.2) is 17.0 Å². The molecule has 1 aromatic heterocycles. The number of nitrogens with one attached hydrogen (secondary N) is 1. The number of thiophene rings is 1. The van der Waals surface area contributed by atoms with Crippen LogP contribution in [0.2, 0.25) is 0 Å². The monoisotopic (exact) mass is 239 g/mol. The Hall–Kier alpha value is -1.36. The predicted molar refractivity (Wildman–Crippen MR) is 60.2 cm³/mol. The zero-order chi connectivity index (χ0) is 11.8. The van der Waals surface area contributed by atoms with Gasteiger partial charge in [0.1, 0.15) is 5.41 Å². The van der Waals surface area contributed by atoms with Crippen molar-refractivity contribution in [2.75, 3.05) is 0 Å². The van der Waals surface area contributed by atoms with Crippen LogP contribution < -0.4 is 5.32 Å². The summed E-state index contributed by atoms with van der Waals surface area (Å²) in [4.78, 5) is 22.6. The number of rotatable bonds is 4. The lowest BCUT2D eigenvalue weighted by Crippen LogP contribution is -2.36. The van der Waals surface area contributed by atoms with Crippen LogP contribution in [-0.2, 0) is 16.1 Å². The highest BCUT2D eigenvalue weighted by molar-refractivity contribution is 7.08. The van der Waals surface area contributed by atoms with Crippen molar-refractivity contribution in [3.63, 3.8) is 0 Å². The molecule has 1 amide bonds. The van der Waals surface area contributed by atoms with E-state index in [4.69, 9.17) is 5.11 Å². The summed E-state index contributed by atoms with van der Waals surface area (Å²) in [6.07, 6.45) is 0.910. The van der Waals surface area contributed by atoms with Gasteiger partial charge in [-0.2, -0.15) is 11.3 Å². The minimum atomic E-state index is -1.13. The van der Waals surface area contributed by atoms with Gasteiger partial charge in [-0.1, -0.05) is 0 Å². The van der Waals surface area contributed by atoms with Gasteiger partial charge in [0.15, 0.2) is 0 Å². The fourth-order valence-corrected chi connectivity index (χ4v) is 2.43. The highest BCUT2D eigenvalue weighted by Gasteiger charge is 2.56. The number of aryl methyl sites for hydroxylation is 1. The molecule has 1 fully saturated rings. The fourth-order valence-electron chi connectivity index (χ4n) is 1.58. The second-order valence-electron chi connectivity index (χ2n) is 4.15. The fraction of sp³-hybridized carbons (Fsp3) is 0.455. The van der Waals surface area contributed by atoms with Crippen LogP contribution in [0.1, 0.15) is 24.0 Å². The van der Waals surface area contributed by atoms with E-state index in [2.05, 4.69) is 5.32 Å². The van der Waals surface area contributed by atoms with E-state index in [1.54, 1.807) is 11.3 Å². The molecule has 1 heterocycles. The van der Waals surface area contributed by atoms with E-state index in [-0.39, 0.29) is 5.91 Å². The third kappa shape index (κ3) is 1.82. The van der Waals surface area contributed by atoms with Crippen molar-refractivity contribution < 1.29 is 14.7 Å². The Morgan fingerprint density at radius 3 is 2.62 bits per heavy atom. The van der Waals surface area contributed by atoms with Crippen LogP contribution in [0.3, 0.4) is 0 Å². The van der Waals surface area contributed by atoms with Gasteiger partial charge in [-0.05, 0) is 41.7 Å². The Bertz CT molecular complexity index is 434. The van der Waals surface area contributed by atoms with Crippen molar-refractivity contribution in [3.8, 4) is 0 Å². The summed E-state index contributed by atoms with van der Waals surface area (Å²) in [5.74, 6) is -1.36. The number of aliphatic carboxylic acids is 1. The molecule has 2 rings (SSSR count). The minimum absolute atomic E-state index is 0.356. The SMILES string of the molecule is Cc1cscc1CNC(=O)C1(C(=O)O)CC1. The van der Waals surface area contributed by atoms with Crippen LogP contribution >= 0.6 is 11.3 Å². The average molecular weight is 239 g/mol. The first-order chi connectivity index (χ1) is 7.56. The van der Waals surface area contributed by atoms with Gasteiger partial charge in [-0.3, -0.25) is 9.59 Å². The lowest BCUT2D eigenvalue weighted by atomic mass is 10.1. The maximum Gasteiger partial charge on any atom is 0.319 e. The quantitative estimate of drug-likeness (QED) is 0.783. The maximum atomic E-state index is 11.7. The highest BCUT2D eigenvalue weighted by Crippen LogP contribution is 2.46. The van der Waals surface area contributed by atoms with Crippen molar-refractivity contribution in [2.24, 2.45) is 5.41 Å². The lowest BCUT2D eigenvalue weighted by molar-refractivity contribution is -0.149. The van der Waals surface area contributed by atoms with Gasteiger partial charge < -0.3 is 10.4 Å². The molecule has 2 N–H and O–H groups in total. The van der Waals surface area contributed by atoms with Gasteiger partial charge in [0.05, 0.1) is 0 Å². The van der Waals surface area contributed by atoms with E-state index < -0.39 is 11.4 Å². The Labute approximate surface area is 97.3 Å². The van der Waals surface area contributed by atoms with Gasteiger partial charge in [0, 0.05) is 6.54 Å². The van der Waals surface area contributed by atoms with Crippen molar-refractivity contribution >= 4 is 23.2 Å². The van der Waals surface area contributed by atoms with Crippen LogP contribution in [0.25, 0.3) is 0 Å². The molecular formula is C11H13NO3S. The summed E-state index contributed by atoms with van der Waals surface area (Å²) in [5.41, 5.74) is 1.05. The van der Waals surface area contributed by atoms with E-state index in [1.807, 2.05) is 17.7 Å². The number of amides is 1. The smallest absolute Gasteiger partial charge is 0.319 e. The molecule has 1 aliphatic carbocycles. The molecule has 0 bridgehead atoms. The average Bonchev–Trinajstić information content (AvgIpc) is 2.95. The Balaban J connectivity index is 1.95. The zero-order valence-electron chi connectivity index (χ0n) is 8.95. The third-order valence-electron chi connectivity index (χ3n) is 3.00. The van der Waals surface area contributed by atoms with Crippen LogP contribution in [0, 0.1) is 12.3 Å². The number of carbonyl (C=O) groups is 2. The Morgan fingerprint density at radius 1 is 1.50 bits per heavy atom. The number of carbonyl (C=O) groups excluding carboxylic acids is 1. The van der Waals surface area contributed by atoms with Gasteiger partial charge >= 0.3 is 5.97 Å². The molecule has 0 atom stereocenters.